The first-order chi connectivity index (χ1) is 13.7. The molecule has 3 aromatic rings. The van der Waals surface area contributed by atoms with E-state index in [1.54, 1.807) is 6.92 Å². The summed E-state index contributed by atoms with van der Waals surface area (Å²) in [6.07, 6.45) is -1.93. The molecule has 0 radical (unpaired) electrons. The molecule has 150 valence electrons. The van der Waals surface area contributed by atoms with Crippen LogP contribution in [0.5, 0.6) is 0 Å². The molecule has 0 amide bonds. The fourth-order valence-electron chi connectivity index (χ4n) is 2.68. The highest BCUT2D eigenvalue weighted by atomic mass is 32.2. The Morgan fingerprint density at radius 2 is 1.76 bits per heavy atom. The van der Waals surface area contributed by atoms with E-state index in [4.69, 9.17) is 0 Å². The van der Waals surface area contributed by atoms with Crippen molar-refractivity contribution >= 4 is 18.0 Å². The van der Waals surface area contributed by atoms with Gasteiger partial charge in [-0.2, -0.15) is 13.2 Å². The lowest BCUT2D eigenvalue weighted by Crippen LogP contribution is -2.07. The Labute approximate surface area is 167 Å². The third-order valence-corrected chi connectivity index (χ3v) is 5.34. The van der Waals surface area contributed by atoms with Crippen LogP contribution in [-0.2, 0) is 6.18 Å². The number of hydrogen-bond donors (Lipinski definition) is 0. The molecule has 3 nitrogen and oxygen atoms in total. The highest BCUT2D eigenvalue weighted by molar-refractivity contribution is 7.99. The molecule has 2 aromatic heterocycles. The first kappa shape index (κ1) is 20.9. The third-order valence-electron chi connectivity index (χ3n) is 4.12. The minimum Gasteiger partial charge on any atom is -0.296 e. The van der Waals surface area contributed by atoms with Gasteiger partial charge in [-0.25, -0.2) is 13.8 Å². The van der Waals surface area contributed by atoms with E-state index in [0.717, 1.165) is 36.0 Å². The van der Waals surface area contributed by atoms with Crippen LogP contribution < -0.4 is 0 Å². The molecule has 0 saturated heterocycles. The number of pyridine rings is 2. The van der Waals surface area contributed by atoms with E-state index in [9.17, 15) is 26.7 Å². The maximum Gasteiger partial charge on any atom is 0.417 e. The Hall–Kier alpha value is -2.81. The number of nitrogens with zero attached hydrogens (tertiary/aromatic N) is 2. The smallest absolute Gasteiger partial charge is 0.296 e. The lowest BCUT2D eigenvalue weighted by molar-refractivity contribution is -0.137. The topological polar surface area (TPSA) is 42.9 Å². The number of aryl methyl sites for hydroxylation is 1. The Kier molecular flexibility index (Phi) is 5.97. The molecule has 1 aromatic carbocycles. The van der Waals surface area contributed by atoms with Crippen molar-refractivity contribution < 1.29 is 26.7 Å². The summed E-state index contributed by atoms with van der Waals surface area (Å²) >= 11 is 0.951. The van der Waals surface area contributed by atoms with Crippen molar-refractivity contribution in [2.75, 3.05) is 0 Å². The van der Waals surface area contributed by atoms with Gasteiger partial charge in [0.25, 0.3) is 0 Å². The number of carbonyl (C=O) groups is 1. The summed E-state index contributed by atoms with van der Waals surface area (Å²) in [6.45, 7) is 1.68. The second kappa shape index (κ2) is 8.28. The van der Waals surface area contributed by atoms with Crippen LogP contribution in [0.3, 0.4) is 0 Å². The molecule has 0 spiro atoms. The van der Waals surface area contributed by atoms with E-state index in [0.29, 0.717) is 23.6 Å². The Bertz CT molecular complexity index is 1040. The maximum absolute atomic E-state index is 14.5. The largest absolute Gasteiger partial charge is 0.417 e. The number of aromatic nitrogens is 2. The summed E-state index contributed by atoms with van der Waals surface area (Å²) in [6, 6.07) is 6.49. The summed E-state index contributed by atoms with van der Waals surface area (Å²) in [4.78, 5) is 18.7. The molecule has 1 atom stereocenters. The first-order valence-corrected chi connectivity index (χ1v) is 9.13. The molecule has 0 bridgehead atoms. The SMILES string of the molecule is Cc1cc(C=O)ncc1C(Sc1ccc(C(F)(F)F)cn1)c1cc(F)ccc1F. The van der Waals surface area contributed by atoms with Gasteiger partial charge in [0.1, 0.15) is 17.3 Å². The highest BCUT2D eigenvalue weighted by Crippen LogP contribution is 2.42. The van der Waals surface area contributed by atoms with Crippen LogP contribution in [0.1, 0.15) is 38.0 Å². The molecule has 3 rings (SSSR count). The number of hydrogen-bond acceptors (Lipinski definition) is 4. The van der Waals surface area contributed by atoms with Crippen molar-refractivity contribution in [3.63, 3.8) is 0 Å². The Morgan fingerprint density at radius 3 is 2.34 bits per heavy atom. The zero-order valence-corrected chi connectivity index (χ0v) is 15.7. The van der Waals surface area contributed by atoms with Crippen LogP contribution in [-0.4, -0.2) is 16.3 Å². The van der Waals surface area contributed by atoms with Gasteiger partial charge in [0.15, 0.2) is 6.29 Å². The normalized spacial score (nSPS) is 12.6. The molecular weight excluding hydrogens is 411 g/mol. The van der Waals surface area contributed by atoms with Crippen LogP contribution in [0.4, 0.5) is 22.0 Å². The number of aldehydes is 1. The van der Waals surface area contributed by atoms with Crippen molar-refractivity contribution in [2.45, 2.75) is 23.4 Å². The fraction of sp³-hybridized carbons (Fsp3) is 0.150. The average Bonchev–Trinajstić information content (AvgIpc) is 2.68. The number of halogens is 5. The molecule has 1 unspecified atom stereocenters. The summed E-state index contributed by atoms with van der Waals surface area (Å²) in [5.41, 5.74) is 0.313. The van der Waals surface area contributed by atoms with E-state index < -0.39 is 28.6 Å². The van der Waals surface area contributed by atoms with E-state index in [-0.39, 0.29) is 16.3 Å². The molecule has 29 heavy (non-hydrogen) atoms. The van der Waals surface area contributed by atoms with Crippen molar-refractivity contribution in [3.8, 4) is 0 Å². The van der Waals surface area contributed by atoms with Crippen LogP contribution >= 0.6 is 11.8 Å². The second-order valence-corrected chi connectivity index (χ2v) is 7.26. The molecule has 9 heteroatoms. The van der Waals surface area contributed by atoms with Crippen molar-refractivity contribution in [1.29, 1.82) is 0 Å². The minimum atomic E-state index is -4.53. The third kappa shape index (κ3) is 4.79. The van der Waals surface area contributed by atoms with Gasteiger partial charge in [-0.05, 0) is 54.4 Å². The van der Waals surface area contributed by atoms with Crippen molar-refractivity contribution in [2.24, 2.45) is 0 Å². The summed E-state index contributed by atoms with van der Waals surface area (Å²) in [7, 11) is 0. The summed E-state index contributed by atoms with van der Waals surface area (Å²) < 4.78 is 66.5. The number of rotatable bonds is 5. The predicted molar refractivity (Wildman–Crippen MR) is 97.7 cm³/mol. The molecule has 2 heterocycles. The van der Waals surface area contributed by atoms with Crippen LogP contribution in [0.15, 0.2) is 53.8 Å². The van der Waals surface area contributed by atoms with Gasteiger partial charge in [-0.3, -0.25) is 9.78 Å². The number of alkyl halides is 3. The zero-order chi connectivity index (χ0) is 21.2. The lowest BCUT2D eigenvalue weighted by Gasteiger charge is -2.20. The maximum atomic E-state index is 14.5. The van der Waals surface area contributed by atoms with E-state index >= 15 is 0 Å². The predicted octanol–water partition coefficient (Wildman–Crippen LogP) is 5.78. The number of benzene rings is 1. The van der Waals surface area contributed by atoms with Crippen LogP contribution in [0, 0.1) is 18.6 Å². The molecule has 0 aliphatic heterocycles. The average molecular weight is 424 g/mol. The molecule has 0 N–H and O–H groups in total. The molecular formula is C20H13F5N2OS. The molecule has 0 saturated carbocycles. The lowest BCUT2D eigenvalue weighted by atomic mass is 10.0. The standard InChI is InChI=1S/C20H13F5N2OS/c1-11-6-14(10-28)26-9-16(11)19(15-7-13(21)3-4-17(15)22)29-18-5-2-12(8-27-18)20(23,24)25/h2-10,19H,1H3. The molecule has 0 fully saturated rings. The van der Waals surface area contributed by atoms with Gasteiger partial charge < -0.3 is 0 Å². The first-order valence-electron chi connectivity index (χ1n) is 8.25. The van der Waals surface area contributed by atoms with Gasteiger partial charge >= 0.3 is 6.18 Å². The van der Waals surface area contributed by atoms with Gasteiger partial charge in [0, 0.05) is 18.0 Å². The summed E-state index contributed by atoms with van der Waals surface area (Å²) in [5.74, 6) is -1.35. The van der Waals surface area contributed by atoms with Crippen LogP contribution in [0.25, 0.3) is 0 Å². The molecule has 0 aliphatic rings. The monoisotopic (exact) mass is 424 g/mol. The quantitative estimate of drug-likeness (QED) is 0.296. The second-order valence-electron chi connectivity index (χ2n) is 6.13. The van der Waals surface area contributed by atoms with Crippen molar-refractivity contribution in [1.82, 2.24) is 9.97 Å². The van der Waals surface area contributed by atoms with Gasteiger partial charge in [-0.1, -0.05) is 11.8 Å². The highest BCUT2D eigenvalue weighted by Gasteiger charge is 2.31. The molecule has 0 aliphatic carbocycles. The van der Waals surface area contributed by atoms with Gasteiger partial charge in [-0.15, -0.1) is 0 Å². The Balaban J connectivity index is 2.06. The Morgan fingerprint density at radius 1 is 1.00 bits per heavy atom. The van der Waals surface area contributed by atoms with E-state index in [1.807, 2.05) is 0 Å². The fourth-order valence-corrected chi connectivity index (χ4v) is 3.86. The summed E-state index contributed by atoms with van der Waals surface area (Å²) in [5, 5.41) is -0.659. The van der Waals surface area contributed by atoms with E-state index in [2.05, 4.69) is 9.97 Å². The van der Waals surface area contributed by atoms with Crippen LogP contribution in [0.2, 0.25) is 0 Å². The van der Waals surface area contributed by atoms with E-state index in [1.165, 1.54) is 18.3 Å². The van der Waals surface area contributed by atoms with Gasteiger partial charge in [0.2, 0.25) is 0 Å². The zero-order valence-electron chi connectivity index (χ0n) is 14.9. The number of thioether (sulfide) groups is 1. The minimum absolute atomic E-state index is 0.0135. The van der Waals surface area contributed by atoms with Crippen molar-refractivity contribution in [3.05, 3.63) is 88.4 Å². The van der Waals surface area contributed by atoms with Gasteiger partial charge in [0.05, 0.1) is 15.8 Å². The number of carbonyl (C=O) groups excluding carboxylic acids is 1.